The molecule has 5 nitrogen and oxygen atoms in total. The largest absolute Gasteiger partial charge is 0.490 e. The number of ether oxygens (including phenoxy) is 1. The number of amides is 1. The summed E-state index contributed by atoms with van der Waals surface area (Å²) in [5, 5.41) is 3.02. The van der Waals surface area contributed by atoms with E-state index in [0.29, 0.717) is 17.7 Å². The number of benzene rings is 2. The zero-order valence-electron chi connectivity index (χ0n) is 17.7. The highest BCUT2D eigenvalue weighted by molar-refractivity contribution is 6.04. The van der Waals surface area contributed by atoms with Crippen LogP contribution in [0, 0.1) is 5.92 Å². The van der Waals surface area contributed by atoms with Crippen molar-refractivity contribution in [1.29, 1.82) is 0 Å². The number of carbonyl (C=O) groups excluding carboxylic acids is 1. The molecule has 3 aliphatic rings. The number of likely N-dealkylation sites (tertiary alicyclic amines) is 1. The van der Waals surface area contributed by atoms with Crippen LogP contribution in [-0.4, -0.2) is 49.6 Å². The summed E-state index contributed by atoms with van der Waals surface area (Å²) >= 11 is 0. The Morgan fingerprint density at radius 3 is 2.43 bits per heavy atom. The monoisotopic (exact) mass is 405 g/mol. The Labute approximate surface area is 179 Å². The predicted molar refractivity (Wildman–Crippen MR) is 120 cm³/mol. The van der Waals surface area contributed by atoms with E-state index >= 15 is 0 Å². The van der Waals surface area contributed by atoms with Gasteiger partial charge in [-0.1, -0.05) is 0 Å². The molecular formula is C25H31N3O2. The SMILES string of the molecule is CN1C[C@H]2CCN(c3ccc(NC(=O)c4ccc(OC5CCCC5)cc4)cc3)[C@H]2C1. The van der Waals surface area contributed by atoms with Gasteiger partial charge in [0.2, 0.25) is 0 Å². The number of hydrogen-bond acceptors (Lipinski definition) is 4. The van der Waals surface area contributed by atoms with E-state index in [1.165, 1.54) is 31.5 Å². The topological polar surface area (TPSA) is 44.8 Å². The Bertz CT molecular complexity index is 874. The number of nitrogens with zero attached hydrogens (tertiary/aromatic N) is 2. The van der Waals surface area contributed by atoms with Gasteiger partial charge < -0.3 is 19.9 Å². The third-order valence-electron chi connectivity index (χ3n) is 6.91. The number of likely N-dealkylation sites (N-methyl/N-ethyl adjacent to an activating group) is 1. The average molecular weight is 406 g/mol. The van der Waals surface area contributed by atoms with Crippen LogP contribution in [0.5, 0.6) is 5.75 Å². The van der Waals surface area contributed by atoms with E-state index in [0.717, 1.165) is 43.3 Å². The molecule has 30 heavy (non-hydrogen) atoms. The Morgan fingerprint density at radius 2 is 1.70 bits per heavy atom. The molecule has 2 atom stereocenters. The van der Waals surface area contributed by atoms with E-state index in [9.17, 15) is 4.79 Å². The maximum atomic E-state index is 12.6. The van der Waals surface area contributed by atoms with Crippen LogP contribution in [0.25, 0.3) is 0 Å². The zero-order valence-corrected chi connectivity index (χ0v) is 17.7. The number of anilines is 2. The van der Waals surface area contributed by atoms with Crippen molar-refractivity contribution < 1.29 is 9.53 Å². The third kappa shape index (κ3) is 4.04. The van der Waals surface area contributed by atoms with E-state index in [1.54, 1.807) is 0 Å². The fourth-order valence-electron chi connectivity index (χ4n) is 5.32. The molecule has 158 valence electrons. The van der Waals surface area contributed by atoms with Crippen molar-refractivity contribution in [3.63, 3.8) is 0 Å². The Kier molecular flexibility index (Phi) is 5.38. The van der Waals surface area contributed by atoms with Crippen molar-refractivity contribution in [3.05, 3.63) is 54.1 Å². The van der Waals surface area contributed by atoms with Gasteiger partial charge in [-0.3, -0.25) is 4.79 Å². The van der Waals surface area contributed by atoms with Crippen LogP contribution in [0.2, 0.25) is 0 Å². The van der Waals surface area contributed by atoms with Crippen molar-refractivity contribution >= 4 is 17.3 Å². The highest BCUT2D eigenvalue weighted by Crippen LogP contribution is 2.35. The van der Waals surface area contributed by atoms with E-state index in [4.69, 9.17) is 4.74 Å². The molecule has 0 unspecified atom stereocenters. The summed E-state index contributed by atoms with van der Waals surface area (Å²) < 4.78 is 5.99. The maximum absolute atomic E-state index is 12.6. The van der Waals surface area contributed by atoms with Crippen LogP contribution in [0.1, 0.15) is 42.5 Å². The second-order valence-electron chi connectivity index (χ2n) is 9.08. The first-order valence-corrected chi connectivity index (χ1v) is 11.3. The lowest BCUT2D eigenvalue weighted by Gasteiger charge is -2.26. The summed E-state index contributed by atoms with van der Waals surface area (Å²) in [4.78, 5) is 17.6. The van der Waals surface area contributed by atoms with Gasteiger partial charge in [0.25, 0.3) is 5.91 Å². The molecular weight excluding hydrogens is 374 g/mol. The lowest BCUT2D eigenvalue weighted by Crippen LogP contribution is -2.34. The predicted octanol–water partition coefficient (Wildman–Crippen LogP) is 4.40. The lowest BCUT2D eigenvalue weighted by atomic mass is 10.0. The number of carbonyl (C=O) groups is 1. The summed E-state index contributed by atoms with van der Waals surface area (Å²) in [5.74, 6) is 1.55. The van der Waals surface area contributed by atoms with Crippen LogP contribution < -0.4 is 15.0 Å². The summed E-state index contributed by atoms with van der Waals surface area (Å²) in [6, 6.07) is 16.4. The Balaban J connectivity index is 1.19. The zero-order chi connectivity index (χ0) is 20.5. The minimum atomic E-state index is -0.0891. The van der Waals surface area contributed by atoms with Gasteiger partial charge in [-0.2, -0.15) is 0 Å². The minimum absolute atomic E-state index is 0.0891. The average Bonchev–Trinajstić information content (AvgIpc) is 3.47. The fraction of sp³-hybridized carbons (Fsp3) is 0.480. The van der Waals surface area contributed by atoms with Gasteiger partial charge in [0.1, 0.15) is 5.75 Å². The first-order chi connectivity index (χ1) is 14.7. The van der Waals surface area contributed by atoms with Crippen LogP contribution in [0.4, 0.5) is 11.4 Å². The van der Waals surface area contributed by atoms with E-state index in [2.05, 4.69) is 34.3 Å². The molecule has 5 heteroatoms. The molecule has 5 rings (SSSR count). The molecule has 3 fully saturated rings. The quantitative estimate of drug-likeness (QED) is 0.801. The Morgan fingerprint density at radius 1 is 0.967 bits per heavy atom. The van der Waals surface area contributed by atoms with E-state index < -0.39 is 0 Å². The van der Waals surface area contributed by atoms with Gasteiger partial charge in [-0.25, -0.2) is 0 Å². The van der Waals surface area contributed by atoms with Crippen LogP contribution in [0.15, 0.2) is 48.5 Å². The van der Waals surface area contributed by atoms with Crippen LogP contribution >= 0.6 is 0 Å². The summed E-state index contributed by atoms with van der Waals surface area (Å²) in [6.07, 6.45) is 6.37. The minimum Gasteiger partial charge on any atom is -0.490 e. The molecule has 2 heterocycles. The molecule has 0 radical (unpaired) electrons. The van der Waals surface area contributed by atoms with Gasteiger partial charge in [0.05, 0.1) is 6.10 Å². The molecule has 2 aromatic carbocycles. The molecule has 2 aromatic rings. The second-order valence-corrected chi connectivity index (χ2v) is 9.08. The molecule has 0 spiro atoms. The normalized spacial score (nSPS) is 24.2. The van der Waals surface area contributed by atoms with Crippen molar-refractivity contribution in [3.8, 4) is 5.75 Å². The summed E-state index contributed by atoms with van der Waals surface area (Å²) in [7, 11) is 2.21. The number of fused-ring (bicyclic) bond motifs is 1. The van der Waals surface area contributed by atoms with Crippen molar-refractivity contribution in [2.45, 2.75) is 44.2 Å². The van der Waals surface area contributed by atoms with Crippen molar-refractivity contribution in [2.75, 3.05) is 36.9 Å². The second kappa shape index (κ2) is 8.31. The Hall–Kier alpha value is -2.53. The van der Waals surface area contributed by atoms with E-state index in [-0.39, 0.29) is 5.91 Å². The van der Waals surface area contributed by atoms with Gasteiger partial charge in [0, 0.05) is 42.6 Å². The van der Waals surface area contributed by atoms with Gasteiger partial charge >= 0.3 is 0 Å². The molecule has 1 N–H and O–H groups in total. The van der Waals surface area contributed by atoms with Crippen LogP contribution in [-0.2, 0) is 0 Å². The lowest BCUT2D eigenvalue weighted by molar-refractivity contribution is 0.102. The number of rotatable bonds is 5. The van der Waals surface area contributed by atoms with Crippen molar-refractivity contribution in [2.24, 2.45) is 5.92 Å². The fourth-order valence-corrected chi connectivity index (χ4v) is 5.32. The summed E-state index contributed by atoms with van der Waals surface area (Å²) in [6.45, 7) is 3.48. The van der Waals surface area contributed by atoms with Gasteiger partial charge in [-0.05, 0) is 93.6 Å². The third-order valence-corrected chi connectivity index (χ3v) is 6.91. The molecule has 1 saturated carbocycles. The van der Waals surface area contributed by atoms with Crippen LogP contribution in [0.3, 0.4) is 0 Å². The highest BCUT2D eigenvalue weighted by atomic mass is 16.5. The molecule has 2 saturated heterocycles. The maximum Gasteiger partial charge on any atom is 0.255 e. The first kappa shape index (κ1) is 19.4. The number of nitrogens with one attached hydrogen (secondary N) is 1. The standard InChI is InChI=1S/C25H31N3O2/c1-27-16-19-14-15-28(24(19)17-27)21-10-8-20(9-11-21)26-25(29)18-6-12-23(13-7-18)30-22-4-2-3-5-22/h6-13,19,22,24H,2-5,14-17H2,1H3,(H,26,29)/t19-,24+/m1/s1. The molecule has 1 aliphatic carbocycles. The molecule has 1 amide bonds. The summed E-state index contributed by atoms with van der Waals surface area (Å²) in [5.41, 5.74) is 2.73. The van der Waals surface area contributed by atoms with Gasteiger partial charge in [0.15, 0.2) is 0 Å². The van der Waals surface area contributed by atoms with Gasteiger partial charge in [-0.15, -0.1) is 0 Å². The van der Waals surface area contributed by atoms with E-state index in [1.807, 2.05) is 36.4 Å². The molecule has 2 aliphatic heterocycles. The highest BCUT2D eigenvalue weighted by Gasteiger charge is 2.39. The smallest absolute Gasteiger partial charge is 0.255 e. The van der Waals surface area contributed by atoms with Crippen molar-refractivity contribution in [1.82, 2.24) is 4.90 Å². The molecule has 0 aromatic heterocycles. The first-order valence-electron chi connectivity index (χ1n) is 11.3. The number of hydrogen-bond donors (Lipinski definition) is 1. The molecule has 0 bridgehead atoms.